The molecule has 0 saturated carbocycles. The molecule has 3 heteroatoms. The van der Waals surface area contributed by atoms with Crippen LogP contribution in [0.4, 0.5) is 5.69 Å². The van der Waals surface area contributed by atoms with Crippen LogP contribution >= 0.6 is 0 Å². The zero-order valence-electron chi connectivity index (χ0n) is 7.17. The number of benzene rings is 1. The molecule has 0 fully saturated rings. The first kappa shape index (κ1) is 9.03. The quantitative estimate of drug-likeness (QED) is 0.491. The zero-order chi connectivity index (χ0) is 8.97. The van der Waals surface area contributed by atoms with Crippen LogP contribution in [0.3, 0.4) is 0 Å². The average Bonchev–Trinajstić information content (AvgIpc) is 2.54. The molecule has 1 aliphatic heterocycles. The van der Waals surface area contributed by atoms with Crippen LogP contribution in [0.2, 0.25) is 0 Å². The standard InChI is InChI=1S/C8H10N2.CH4O/c9-8-2-1-6-4-10-5-7(6)3-8;1-2/h1-3,10H,4-5,9H2;2H,1H3. The number of hydrogen-bond donors (Lipinski definition) is 3. The van der Waals surface area contributed by atoms with Gasteiger partial charge in [0.2, 0.25) is 0 Å². The molecule has 0 unspecified atom stereocenters. The van der Waals surface area contributed by atoms with Crippen LogP contribution in [0.15, 0.2) is 18.2 Å². The zero-order valence-corrected chi connectivity index (χ0v) is 7.17. The molecular weight excluding hydrogens is 152 g/mol. The summed E-state index contributed by atoms with van der Waals surface area (Å²) in [6.45, 7) is 1.97. The van der Waals surface area contributed by atoms with Crippen molar-refractivity contribution < 1.29 is 5.11 Å². The van der Waals surface area contributed by atoms with Gasteiger partial charge in [-0.15, -0.1) is 0 Å². The van der Waals surface area contributed by atoms with Crippen molar-refractivity contribution in [2.45, 2.75) is 13.1 Å². The fraction of sp³-hybridized carbons (Fsp3) is 0.333. The van der Waals surface area contributed by atoms with Gasteiger partial charge in [0.1, 0.15) is 0 Å². The van der Waals surface area contributed by atoms with Gasteiger partial charge in [-0.2, -0.15) is 0 Å². The van der Waals surface area contributed by atoms with E-state index in [0.29, 0.717) is 0 Å². The van der Waals surface area contributed by atoms with E-state index >= 15 is 0 Å². The number of aliphatic hydroxyl groups excluding tert-OH is 1. The van der Waals surface area contributed by atoms with E-state index in [9.17, 15) is 0 Å². The molecule has 0 spiro atoms. The molecule has 0 saturated heterocycles. The highest BCUT2D eigenvalue weighted by atomic mass is 16.2. The second kappa shape index (κ2) is 4.09. The minimum absolute atomic E-state index is 0.863. The lowest BCUT2D eigenvalue weighted by molar-refractivity contribution is 0.399. The fourth-order valence-electron chi connectivity index (χ4n) is 1.31. The lowest BCUT2D eigenvalue weighted by atomic mass is 10.1. The third-order valence-electron chi connectivity index (χ3n) is 1.86. The van der Waals surface area contributed by atoms with Gasteiger partial charge in [0.25, 0.3) is 0 Å². The molecule has 0 bridgehead atoms. The van der Waals surface area contributed by atoms with E-state index in [0.717, 1.165) is 25.9 Å². The van der Waals surface area contributed by atoms with Crippen LogP contribution in [0, 0.1) is 0 Å². The summed E-state index contributed by atoms with van der Waals surface area (Å²) in [6, 6.07) is 6.08. The van der Waals surface area contributed by atoms with Gasteiger partial charge in [0.15, 0.2) is 0 Å². The molecule has 0 radical (unpaired) electrons. The molecule has 66 valence electrons. The van der Waals surface area contributed by atoms with E-state index in [2.05, 4.69) is 11.4 Å². The minimum Gasteiger partial charge on any atom is -0.400 e. The summed E-state index contributed by atoms with van der Waals surface area (Å²) in [6.07, 6.45) is 0. The minimum atomic E-state index is 0.863. The van der Waals surface area contributed by atoms with Gasteiger partial charge in [-0.3, -0.25) is 0 Å². The topological polar surface area (TPSA) is 58.3 Å². The fourth-order valence-corrected chi connectivity index (χ4v) is 1.31. The van der Waals surface area contributed by atoms with E-state index in [1.807, 2.05) is 12.1 Å². The van der Waals surface area contributed by atoms with Crippen molar-refractivity contribution in [3.8, 4) is 0 Å². The Bertz CT molecular complexity index is 261. The Labute approximate surface area is 72.2 Å². The van der Waals surface area contributed by atoms with Gasteiger partial charge >= 0.3 is 0 Å². The molecule has 1 heterocycles. The Balaban J connectivity index is 0.000000336. The highest BCUT2D eigenvalue weighted by molar-refractivity contribution is 5.45. The lowest BCUT2D eigenvalue weighted by Gasteiger charge is -1.97. The van der Waals surface area contributed by atoms with Crippen LogP contribution in [0.5, 0.6) is 0 Å². The van der Waals surface area contributed by atoms with Gasteiger partial charge < -0.3 is 16.2 Å². The van der Waals surface area contributed by atoms with Crippen LogP contribution in [-0.2, 0) is 13.1 Å². The predicted molar refractivity (Wildman–Crippen MR) is 49.5 cm³/mol. The molecule has 3 nitrogen and oxygen atoms in total. The van der Waals surface area contributed by atoms with Crippen molar-refractivity contribution in [1.82, 2.24) is 5.32 Å². The summed E-state index contributed by atoms with van der Waals surface area (Å²) < 4.78 is 0. The van der Waals surface area contributed by atoms with Crippen molar-refractivity contribution in [3.63, 3.8) is 0 Å². The molecule has 1 aromatic carbocycles. The summed E-state index contributed by atoms with van der Waals surface area (Å²) in [4.78, 5) is 0. The average molecular weight is 166 g/mol. The molecule has 1 aliphatic rings. The highest BCUT2D eigenvalue weighted by Crippen LogP contribution is 2.17. The van der Waals surface area contributed by atoms with Gasteiger partial charge in [-0.1, -0.05) is 6.07 Å². The summed E-state index contributed by atoms with van der Waals surface area (Å²) in [5.74, 6) is 0. The summed E-state index contributed by atoms with van der Waals surface area (Å²) in [5.41, 5.74) is 9.20. The Kier molecular flexibility index (Phi) is 3.08. The first-order chi connectivity index (χ1) is 5.86. The van der Waals surface area contributed by atoms with E-state index in [1.54, 1.807) is 0 Å². The molecule has 0 atom stereocenters. The molecule has 0 aliphatic carbocycles. The van der Waals surface area contributed by atoms with Gasteiger partial charge in [0, 0.05) is 25.9 Å². The third-order valence-corrected chi connectivity index (χ3v) is 1.86. The summed E-state index contributed by atoms with van der Waals surface area (Å²) in [7, 11) is 1.00. The third kappa shape index (κ3) is 1.75. The number of nitrogens with one attached hydrogen (secondary N) is 1. The van der Waals surface area contributed by atoms with Gasteiger partial charge in [-0.25, -0.2) is 0 Å². The Morgan fingerprint density at radius 2 is 1.92 bits per heavy atom. The van der Waals surface area contributed by atoms with Crippen molar-refractivity contribution in [3.05, 3.63) is 29.3 Å². The number of rotatable bonds is 0. The maximum Gasteiger partial charge on any atom is 0.0319 e. The molecule has 0 aromatic heterocycles. The predicted octanol–water partition coefficient (Wildman–Crippen LogP) is 0.480. The number of fused-ring (bicyclic) bond motifs is 1. The molecule has 2 rings (SSSR count). The van der Waals surface area contributed by atoms with E-state index < -0.39 is 0 Å². The smallest absolute Gasteiger partial charge is 0.0319 e. The van der Waals surface area contributed by atoms with Crippen LogP contribution < -0.4 is 11.1 Å². The van der Waals surface area contributed by atoms with Gasteiger partial charge in [0.05, 0.1) is 0 Å². The number of nitrogen functional groups attached to an aromatic ring is 1. The lowest BCUT2D eigenvalue weighted by Crippen LogP contribution is -1.99. The second-order valence-corrected chi connectivity index (χ2v) is 2.63. The van der Waals surface area contributed by atoms with Crippen molar-refractivity contribution in [2.24, 2.45) is 0 Å². The van der Waals surface area contributed by atoms with Crippen molar-refractivity contribution >= 4 is 5.69 Å². The molecule has 0 amide bonds. The van der Waals surface area contributed by atoms with Gasteiger partial charge in [-0.05, 0) is 23.3 Å². The van der Waals surface area contributed by atoms with Crippen molar-refractivity contribution in [2.75, 3.05) is 12.8 Å². The van der Waals surface area contributed by atoms with Crippen LogP contribution in [0.1, 0.15) is 11.1 Å². The molecule has 12 heavy (non-hydrogen) atoms. The van der Waals surface area contributed by atoms with E-state index in [4.69, 9.17) is 10.8 Å². The van der Waals surface area contributed by atoms with E-state index in [1.165, 1.54) is 11.1 Å². The van der Waals surface area contributed by atoms with Crippen LogP contribution in [-0.4, -0.2) is 12.2 Å². The van der Waals surface area contributed by atoms with Crippen LogP contribution in [0.25, 0.3) is 0 Å². The maximum atomic E-state index is 7.00. The Morgan fingerprint density at radius 3 is 2.67 bits per heavy atom. The number of aliphatic hydroxyl groups is 1. The SMILES string of the molecule is CO.Nc1ccc2c(c1)CNC2. The molecular formula is C9H14N2O. The second-order valence-electron chi connectivity index (χ2n) is 2.63. The number of anilines is 1. The monoisotopic (exact) mass is 166 g/mol. The summed E-state index contributed by atoms with van der Waals surface area (Å²) in [5, 5.41) is 10.3. The maximum absolute atomic E-state index is 7.00. The number of hydrogen-bond acceptors (Lipinski definition) is 3. The first-order valence-electron chi connectivity index (χ1n) is 3.89. The first-order valence-corrected chi connectivity index (χ1v) is 3.89. The molecule has 1 aromatic rings. The Hall–Kier alpha value is -1.06. The normalized spacial score (nSPS) is 13.2. The van der Waals surface area contributed by atoms with Crippen molar-refractivity contribution in [1.29, 1.82) is 0 Å². The van der Waals surface area contributed by atoms with E-state index in [-0.39, 0.29) is 0 Å². The number of nitrogens with two attached hydrogens (primary N) is 1. The highest BCUT2D eigenvalue weighted by Gasteiger charge is 2.08. The Morgan fingerprint density at radius 1 is 1.25 bits per heavy atom. The summed E-state index contributed by atoms with van der Waals surface area (Å²) >= 11 is 0. The molecule has 4 N–H and O–H groups in total. The largest absolute Gasteiger partial charge is 0.400 e.